The lowest BCUT2D eigenvalue weighted by molar-refractivity contribution is -0.131. The molecule has 3 rings (SSSR count). The van der Waals surface area contributed by atoms with Gasteiger partial charge in [-0.2, -0.15) is 0 Å². The molecular formula is C23H31ClN4O. The number of halogens is 1. The van der Waals surface area contributed by atoms with E-state index in [1.807, 2.05) is 37.3 Å². The highest BCUT2D eigenvalue weighted by Gasteiger charge is 2.19. The second-order valence-corrected chi connectivity index (χ2v) is 7.58. The summed E-state index contributed by atoms with van der Waals surface area (Å²) in [4.78, 5) is 25.0. The smallest absolute Gasteiger partial charge is 0.227 e. The summed E-state index contributed by atoms with van der Waals surface area (Å²) < 4.78 is 0. The van der Waals surface area contributed by atoms with Crippen molar-refractivity contribution in [1.29, 1.82) is 0 Å². The first kappa shape index (κ1) is 22.9. The maximum Gasteiger partial charge on any atom is 0.227 e. The van der Waals surface area contributed by atoms with Crippen molar-refractivity contribution in [3.8, 4) is 0 Å². The Morgan fingerprint density at radius 3 is 2.59 bits per heavy atom. The monoisotopic (exact) mass is 414 g/mol. The van der Waals surface area contributed by atoms with Gasteiger partial charge in [0.2, 0.25) is 5.91 Å². The van der Waals surface area contributed by atoms with Gasteiger partial charge in [-0.25, -0.2) is 0 Å². The molecule has 29 heavy (non-hydrogen) atoms. The van der Waals surface area contributed by atoms with Crippen LogP contribution < -0.4 is 0 Å². The number of fused-ring (bicyclic) bond motifs is 1. The molecule has 156 valence electrons. The van der Waals surface area contributed by atoms with E-state index in [0.29, 0.717) is 19.5 Å². The molecule has 0 aliphatic carbocycles. The van der Waals surface area contributed by atoms with Crippen LogP contribution in [0.5, 0.6) is 0 Å². The quantitative estimate of drug-likeness (QED) is 0.606. The number of pyridine rings is 1. The van der Waals surface area contributed by atoms with Gasteiger partial charge in [-0.3, -0.25) is 9.78 Å². The van der Waals surface area contributed by atoms with E-state index in [1.54, 1.807) is 6.20 Å². The number of H-pyrrole nitrogens is 1. The Hall–Kier alpha value is -2.37. The molecule has 0 spiro atoms. The number of para-hydroxylation sites is 1. The molecule has 0 saturated heterocycles. The summed E-state index contributed by atoms with van der Waals surface area (Å²) in [7, 11) is 4.06. The van der Waals surface area contributed by atoms with Gasteiger partial charge in [0.1, 0.15) is 0 Å². The molecule has 0 atom stereocenters. The summed E-state index contributed by atoms with van der Waals surface area (Å²) >= 11 is 0. The summed E-state index contributed by atoms with van der Waals surface area (Å²) in [6.45, 7) is 6.34. The molecule has 2 heterocycles. The zero-order chi connectivity index (χ0) is 20.1. The molecular weight excluding hydrogens is 384 g/mol. The van der Waals surface area contributed by atoms with Crippen molar-refractivity contribution in [2.24, 2.45) is 0 Å². The van der Waals surface area contributed by atoms with E-state index in [1.165, 1.54) is 10.9 Å². The van der Waals surface area contributed by atoms with Crippen molar-refractivity contribution in [2.45, 2.75) is 33.2 Å². The van der Waals surface area contributed by atoms with Crippen LogP contribution in [0, 0.1) is 6.92 Å². The summed E-state index contributed by atoms with van der Waals surface area (Å²) in [5, 5.41) is 1.17. The molecule has 1 aromatic carbocycles. The molecule has 0 radical (unpaired) electrons. The number of aryl methyl sites for hydroxylation is 2. The summed E-state index contributed by atoms with van der Waals surface area (Å²) in [5.74, 6) is 0.150. The molecule has 2 aromatic heterocycles. The van der Waals surface area contributed by atoms with Crippen LogP contribution in [-0.4, -0.2) is 52.9 Å². The number of aromatic nitrogens is 2. The molecule has 5 nitrogen and oxygen atoms in total. The number of likely N-dealkylation sites (N-methyl/N-ethyl adjacent to an activating group) is 1. The average molecular weight is 415 g/mol. The highest BCUT2D eigenvalue weighted by molar-refractivity contribution is 5.91. The van der Waals surface area contributed by atoms with E-state index >= 15 is 0 Å². The second kappa shape index (κ2) is 10.4. The first-order valence-electron chi connectivity index (χ1n) is 9.90. The number of carbonyl (C=O) groups is 1. The molecule has 1 N–H and O–H groups in total. The molecule has 0 bridgehead atoms. The highest BCUT2D eigenvalue weighted by Crippen LogP contribution is 2.26. The van der Waals surface area contributed by atoms with Crippen molar-refractivity contribution in [3.05, 3.63) is 65.1 Å². The van der Waals surface area contributed by atoms with Crippen LogP contribution in [0.4, 0.5) is 0 Å². The number of amides is 1. The molecule has 0 aliphatic rings. The van der Waals surface area contributed by atoms with Crippen molar-refractivity contribution >= 4 is 29.2 Å². The molecule has 0 unspecified atom stereocenters. The Morgan fingerprint density at radius 2 is 1.93 bits per heavy atom. The van der Waals surface area contributed by atoms with Crippen LogP contribution in [0.3, 0.4) is 0 Å². The largest absolute Gasteiger partial charge is 0.358 e. The van der Waals surface area contributed by atoms with E-state index in [2.05, 4.69) is 46.9 Å². The van der Waals surface area contributed by atoms with Crippen molar-refractivity contribution in [3.63, 3.8) is 0 Å². The Morgan fingerprint density at radius 1 is 1.14 bits per heavy atom. The number of nitrogens with one attached hydrogen (secondary N) is 1. The minimum Gasteiger partial charge on any atom is -0.358 e. The first-order chi connectivity index (χ1) is 13.5. The predicted molar refractivity (Wildman–Crippen MR) is 122 cm³/mol. The normalized spacial score (nSPS) is 10.9. The number of aromatic amines is 1. The lowest BCUT2D eigenvalue weighted by Crippen LogP contribution is -2.37. The average Bonchev–Trinajstić information content (AvgIpc) is 3.01. The van der Waals surface area contributed by atoms with Gasteiger partial charge in [0.25, 0.3) is 0 Å². The SMILES string of the molecule is CCc1cccc2c(CC(=O)N(CCN(C)C)Cc3cccnc3)c(C)[nH]c12.Cl. The Labute approximate surface area is 179 Å². The number of hydrogen-bond donors (Lipinski definition) is 1. The van der Waals surface area contributed by atoms with E-state index in [4.69, 9.17) is 0 Å². The standard InChI is InChI=1S/C23H30N4O.ClH/c1-5-19-9-6-10-20-21(17(2)25-23(19)20)14-22(28)27(13-12-26(3)4)16-18-8-7-11-24-15-18;/h6-11,15,25H,5,12-14,16H2,1-4H3;1H. The van der Waals surface area contributed by atoms with Crippen molar-refractivity contribution in [2.75, 3.05) is 27.2 Å². The van der Waals surface area contributed by atoms with E-state index in [9.17, 15) is 4.79 Å². The van der Waals surface area contributed by atoms with Crippen molar-refractivity contribution in [1.82, 2.24) is 19.8 Å². The minimum absolute atomic E-state index is 0. The van der Waals surface area contributed by atoms with Crippen LogP contribution in [0.2, 0.25) is 0 Å². The molecule has 1 amide bonds. The minimum atomic E-state index is 0. The summed E-state index contributed by atoms with van der Waals surface area (Å²) in [6.07, 6.45) is 4.98. The van der Waals surface area contributed by atoms with Crippen LogP contribution in [0.15, 0.2) is 42.7 Å². The van der Waals surface area contributed by atoms with E-state index in [0.717, 1.165) is 35.3 Å². The maximum atomic E-state index is 13.3. The van der Waals surface area contributed by atoms with E-state index < -0.39 is 0 Å². The third kappa shape index (κ3) is 5.58. The third-order valence-corrected chi connectivity index (χ3v) is 5.22. The molecule has 0 aliphatic heterocycles. The fourth-order valence-corrected chi connectivity index (χ4v) is 3.57. The number of carbonyl (C=O) groups excluding carboxylic acids is 1. The van der Waals surface area contributed by atoms with Gasteiger partial charge >= 0.3 is 0 Å². The lowest BCUT2D eigenvalue weighted by Gasteiger charge is -2.24. The van der Waals surface area contributed by atoms with Gasteiger partial charge in [-0.05, 0) is 50.2 Å². The number of nitrogens with zero attached hydrogens (tertiary/aromatic N) is 3. The van der Waals surface area contributed by atoms with Crippen LogP contribution in [0.1, 0.15) is 29.3 Å². The third-order valence-electron chi connectivity index (χ3n) is 5.22. The van der Waals surface area contributed by atoms with Gasteiger partial charge in [-0.1, -0.05) is 31.2 Å². The van der Waals surface area contributed by atoms with Gasteiger partial charge in [-0.15, -0.1) is 12.4 Å². The predicted octanol–water partition coefficient (Wildman–Crippen LogP) is 3.99. The Balaban J connectivity index is 0.00000300. The van der Waals surface area contributed by atoms with Gasteiger partial charge in [0.15, 0.2) is 0 Å². The zero-order valence-electron chi connectivity index (χ0n) is 17.7. The fourth-order valence-electron chi connectivity index (χ4n) is 3.57. The first-order valence-corrected chi connectivity index (χ1v) is 9.90. The summed E-state index contributed by atoms with van der Waals surface area (Å²) in [6, 6.07) is 10.3. The molecule has 0 saturated carbocycles. The van der Waals surface area contributed by atoms with Gasteiger partial charge in [0, 0.05) is 48.6 Å². The maximum absolute atomic E-state index is 13.3. The number of rotatable bonds is 8. The van der Waals surface area contributed by atoms with Crippen molar-refractivity contribution < 1.29 is 4.79 Å². The Kier molecular flexibility index (Phi) is 8.23. The van der Waals surface area contributed by atoms with Gasteiger partial charge in [0.05, 0.1) is 6.42 Å². The topological polar surface area (TPSA) is 52.2 Å². The number of hydrogen-bond acceptors (Lipinski definition) is 3. The Bertz CT molecular complexity index is 937. The molecule has 0 fully saturated rings. The van der Waals surface area contributed by atoms with Gasteiger partial charge < -0.3 is 14.8 Å². The lowest BCUT2D eigenvalue weighted by atomic mass is 10.0. The zero-order valence-corrected chi connectivity index (χ0v) is 18.6. The van der Waals surface area contributed by atoms with E-state index in [-0.39, 0.29) is 18.3 Å². The van der Waals surface area contributed by atoms with Crippen LogP contribution in [-0.2, 0) is 24.2 Å². The highest BCUT2D eigenvalue weighted by atomic mass is 35.5. The van der Waals surface area contributed by atoms with Crippen LogP contribution >= 0.6 is 12.4 Å². The number of benzene rings is 1. The molecule has 6 heteroatoms. The fraction of sp³-hybridized carbons (Fsp3) is 0.391. The molecule has 3 aromatic rings. The van der Waals surface area contributed by atoms with Crippen LogP contribution in [0.25, 0.3) is 10.9 Å². The second-order valence-electron chi connectivity index (χ2n) is 7.58. The summed E-state index contributed by atoms with van der Waals surface area (Å²) in [5.41, 5.74) is 5.70.